The average molecular weight is 177 g/mol. The summed E-state index contributed by atoms with van der Waals surface area (Å²) < 4.78 is 0. The minimum absolute atomic E-state index is 0.170. The molecule has 1 rings (SSSR count). The molecular weight excluding hydrogens is 162 g/mol. The number of hydrogen-bond donors (Lipinski definition) is 1. The summed E-state index contributed by atoms with van der Waals surface area (Å²) in [6.07, 6.45) is 1.50. The van der Waals surface area contributed by atoms with Gasteiger partial charge >= 0.3 is 0 Å². The minimum atomic E-state index is 0.170. The van der Waals surface area contributed by atoms with Crippen molar-refractivity contribution in [3.8, 4) is 0 Å². The van der Waals surface area contributed by atoms with E-state index in [9.17, 15) is 4.79 Å². The van der Waals surface area contributed by atoms with Crippen molar-refractivity contribution in [2.75, 3.05) is 6.54 Å². The highest BCUT2D eigenvalue weighted by Gasteiger charge is 2.07. The first-order chi connectivity index (χ1) is 6.38. The molecule has 0 bridgehead atoms. The van der Waals surface area contributed by atoms with Gasteiger partial charge in [0.2, 0.25) is 0 Å². The highest BCUT2D eigenvalue weighted by molar-refractivity contribution is 5.51. The fourth-order valence-electron chi connectivity index (χ4n) is 1.37. The highest BCUT2D eigenvalue weighted by atomic mass is 16.1. The molecule has 0 aliphatic heterocycles. The number of aldehydes is 1. The molecule has 0 amide bonds. The summed E-state index contributed by atoms with van der Waals surface area (Å²) in [6, 6.07) is 10.2. The SMILES string of the molecule is CCNC(CC=O)c1ccccc1. The predicted octanol–water partition coefficient (Wildman–Crippen LogP) is 1.93. The summed E-state index contributed by atoms with van der Waals surface area (Å²) in [5.41, 5.74) is 1.18. The van der Waals surface area contributed by atoms with Gasteiger partial charge in [-0.15, -0.1) is 0 Å². The lowest BCUT2D eigenvalue weighted by Gasteiger charge is -2.14. The van der Waals surface area contributed by atoms with Crippen molar-refractivity contribution in [1.82, 2.24) is 5.32 Å². The van der Waals surface area contributed by atoms with Crippen molar-refractivity contribution in [2.24, 2.45) is 0 Å². The lowest BCUT2D eigenvalue weighted by Crippen LogP contribution is -2.21. The van der Waals surface area contributed by atoms with Crippen LogP contribution in [0.1, 0.15) is 24.9 Å². The number of benzene rings is 1. The van der Waals surface area contributed by atoms with E-state index >= 15 is 0 Å². The molecule has 0 spiro atoms. The number of nitrogens with one attached hydrogen (secondary N) is 1. The Bertz CT molecular complexity index is 246. The van der Waals surface area contributed by atoms with Crippen LogP contribution in [-0.4, -0.2) is 12.8 Å². The molecule has 1 unspecified atom stereocenters. The van der Waals surface area contributed by atoms with Gasteiger partial charge in [-0.25, -0.2) is 0 Å². The smallest absolute Gasteiger partial charge is 0.121 e. The Morgan fingerprint density at radius 2 is 2.08 bits per heavy atom. The van der Waals surface area contributed by atoms with Crippen molar-refractivity contribution in [1.29, 1.82) is 0 Å². The topological polar surface area (TPSA) is 29.1 Å². The molecule has 1 N–H and O–H groups in total. The van der Waals surface area contributed by atoms with Crippen LogP contribution < -0.4 is 5.32 Å². The van der Waals surface area contributed by atoms with E-state index < -0.39 is 0 Å². The second-order valence-electron chi connectivity index (χ2n) is 2.92. The lowest BCUT2D eigenvalue weighted by atomic mass is 10.0. The Kier molecular flexibility index (Phi) is 4.19. The number of carbonyl (C=O) groups excluding carboxylic acids is 1. The Morgan fingerprint density at radius 1 is 1.38 bits per heavy atom. The summed E-state index contributed by atoms with van der Waals surface area (Å²) in [5, 5.41) is 3.27. The predicted molar refractivity (Wildman–Crippen MR) is 53.5 cm³/mol. The molecule has 1 aromatic carbocycles. The first kappa shape index (κ1) is 9.93. The van der Waals surface area contributed by atoms with Gasteiger partial charge in [0.15, 0.2) is 0 Å². The van der Waals surface area contributed by atoms with Gasteiger partial charge in [-0.2, -0.15) is 0 Å². The molecule has 1 aromatic rings. The molecule has 0 heterocycles. The zero-order valence-corrected chi connectivity index (χ0v) is 7.86. The van der Waals surface area contributed by atoms with E-state index in [1.165, 1.54) is 5.56 Å². The molecule has 1 atom stereocenters. The second-order valence-corrected chi connectivity index (χ2v) is 2.92. The highest BCUT2D eigenvalue weighted by Crippen LogP contribution is 2.14. The largest absolute Gasteiger partial charge is 0.310 e. The van der Waals surface area contributed by atoms with E-state index in [0.717, 1.165) is 12.8 Å². The summed E-state index contributed by atoms with van der Waals surface area (Å²) in [5.74, 6) is 0. The number of hydrogen-bond acceptors (Lipinski definition) is 2. The van der Waals surface area contributed by atoms with Crippen LogP contribution in [0.5, 0.6) is 0 Å². The molecule has 0 saturated heterocycles. The molecule has 0 radical (unpaired) electrons. The Hall–Kier alpha value is -1.15. The van der Waals surface area contributed by atoms with E-state index in [1.807, 2.05) is 37.3 Å². The van der Waals surface area contributed by atoms with Crippen molar-refractivity contribution in [2.45, 2.75) is 19.4 Å². The number of carbonyl (C=O) groups is 1. The van der Waals surface area contributed by atoms with Crippen molar-refractivity contribution in [3.63, 3.8) is 0 Å². The number of rotatable bonds is 5. The Morgan fingerprint density at radius 3 is 2.62 bits per heavy atom. The van der Waals surface area contributed by atoms with Crippen LogP contribution in [0.15, 0.2) is 30.3 Å². The molecule has 13 heavy (non-hydrogen) atoms. The first-order valence-electron chi connectivity index (χ1n) is 4.60. The molecule has 0 aliphatic rings. The molecule has 0 saturated carbocycles. The van der Waals surface area contributed by atoms with Gasteiger partial charge in [-0.05, 0) is 12.1 Å². The van der Waals surface area contributed by atoms with Crippen LogP contribution in [-0.2, 0) is 4.79 Å². The van der Waals surface area contributed by atoms with E-state index in [0.29, 0.717) is 6.42 Å². The maximum absolute atomic E-state index is 10.4. The fraction of sp³-hybridized carbons (Fsp3) is 0.364. The van der Waals surface area contributed by atoms with Gasteiger partial charge in [-0.3, -0.25) is 0 Å². The summed E-state index contributed by atoms with van der Waals surface area (Å²) in [6.45, 7) is 2.92. The van der Waals surface area contributed by atoms with Gasteiger partial charge in [0.1, 0.15) is 6.29 Å². The van der Waals surface area contributed by atoms with Crippen LogP contribution in [0.3, 0.4) is 0 Å². The second kappa shape index (κ2) is 5.49. The average Bonchev–Trinajstić information content (AvgIpc) is 2.19. The molecule has 2 heteroatoms. The van der Waals surface area contributed by atoms with Crippen LogP contribution in [0.2, 0.25) is 0 Å². The zero-order valence-electron chi connectivity index (χ0n) is 7.86. The van der Waals surface area contributed by atoms with Crippen LogP contribution in [0.4, 0.5) is 0 Å². The monoisotopic (exact) mass is 177 g/mol. The molecule has 0 aliphatic carbocycles. The van der Waals surface area contributed by atoms with Crippen LogP contribution in [0.25, 0.3) is 0 Å². The minimum Gasteiger partial charge on any atom is -0.310 e. The normalized spacial score (nSPS) is 12.4. The van der Waals surface area contributed by atoms with Crippen molar-refractivity contribution >= 4 is 6.29 Å². The zero-order chi connectivity index (χ0) is 9.52. The van der Waals surface area contributed by atoms with Gasteiger partial charge in [-0.1, -0.05) is 37.3 Å². The standard InChI is InChI=1S/C11H15NO/c1-2-12-11(8-9-13)10-6-4-3-5-7-10/h3-7,9,11-12H,2,8H2,1H3. The summed E-state index contributed by atoms with van der Waals surface area (Å²) in [7, 11) is 0. The molecule has 0 aromatic heterocycles. The van der Waals surface area contributed by atoms with Gasteiger partial charge < -0.3 is 10.1 Å². The Balaban J connectivity index is 2.69. The third-order valence-electron chi connectivity index (χ3n) is 1.98. The third kappa shape index (κ3) is 2.99. The van der Waals surface area contributed by atoms with E-state index in [2.05, 4.69) is 5.32 Å². The third-order valence-corrected chi connectivity index (χ3v) is 1.98. The van der Waals surface area contributed by atoms with Crippen molar-refractivity contribution < 1.29 is 4.79 Å². The van der Waals surface area contributed by atoms with Gasteiger partial charge in [0.05, 0.1) is 0 Å². The van der Waals surface area contributed by atoms with Crippen molar-refractivity contribution in [3.05, 3.63) is 35.9 Å². The summed E-state index contributed by atoms with van der Waals surface area (Å²) >= 11 is 0. The fourth-order valence-corrected chi connectivity index (χ4v) is 1.37. The lowest BCUT2D eigenvalue weighted by molar-refractivity contribution is -0.108. The molecule has 0 fully saturated rings. The maximum atomic E-state index is 10.4. The molecule has 70 valence electrons. The van der Waals surface area contributed by atoms with E-state index in [1.54, 1.807) is 0 Å². The summed E-state index contributed by atoms with van der Waals surface area (Å²) in [4.78, 5) is 10.4. The first-order valence-corrected chi connectivity index (χ1v) is 4.60. The Labute approximate surface area is 79.0 Å². The quantitative estimate of drug-likeness (QED) is 0.696. The molecular formula is C11H15NO. The van der Waals surface area contributed by atoms with Crippen LogP contribution >= 0.6 is 0 Å². The van der Waals surface area contributed by atoms with Gasteiger partial charge in [0, 0.05) is 12.5 Å². The van der Waals surface area contributed by atoms with Gasteiger partial charge in [0.25, 0.3) is 0 Å². The van der Waals surface area contributed by atoms with E-state index in [-0.39, 0.29) is 6.04 Å². The van der Waals surface area contributed by atoms with Crippen LogP contribution in [0, 0.1) is 0 Å². The maximum Gasteiger partial charge on any atom is 0.121 e. The van der Waals surface area contributed by atoms with E-state index in [4.69, 9.17) is 0 Å². The molecule has 2 nitrogen and oxygen atoms in total.